The Morgan fingerprint density at radius 1 is 0.640 bits per heavy atom. The standard InChI is InChI=1S/C75H89Cl2N11O23/c1-30(2)15-44(79-3)67(98)87-59-61(93)34-6-9-48(42(76)22-34)108-50-24-38-25-51(66(50)111-74-65(97)64(96)63(95)52(29-78)110-74)109-49-10-7-35(23-43(49)77)62(94)60-73(104)86-58(71(102)83-55-36-17-31-16-32(19-36)20-37(55)18-31)41-26-39(89)27-47(91)54(41)40-21-33(5-8-46(40)90)56(69(100)88-60)85-70(101)57(38)84-68(99)45(81-72(59)103)28-53(92)82-75(105)80-11-12-107-14-13-106-4/h5-10,21-27,30-32,36-37,44-45,52,55-65,74,79,89-91,93-97H,11-20,28-29,78H2,1-4H3,(H,81,103)(H,83,102)(H,84,99)(H,85,101)(H,86,104)(H,87,98)(H,88,100)(H2,80,82,92,105)/t31?,32?,36?,37?,44-,45?,52-,55?,56-,57?,58-,59?,60+,61-,62-,63-,64+,65-,74-/m1/s1. The lowest BCUT2D eigenvalue weighted by atomic mass is 9.54. The number of phenols is 3. The molecule has 15 bridgehead atoms. The number of halogens is 2. The minimum absolute atomic E-state index is 0.0478. The molecule has 6 heterocycles. The number of likely N-dealkylation sites (N-methyl/N-ethyl adjacent to an activating group) is 1. The van der Waals surface area contributed by atoms with Crippen LogP contribution in [0.3, 0.4) is 0 Å². The van der Waals surface area contributed by atoms with Crippen molar-refractivity contribution in [2.45, 2.75) is 150 Å². The van der Waals surface area contributed by atoms with Gasteiger partial charge in [0.05, 0.1) is 42.3 Å². The number of nitrogens with one attached hydrogen (secondary N) is 10. The quantitative estimate of drug-likeness (QED) is 0.0555. The van der Waals surface area contributed by atoms with Gasteiger partial charge >= 0.3 is 6.03 Å². The largest absolute Gasteiger partial charge is 0.508 e. The van der Waals surface area contributed by atoms with Crippen LogP contribution in [0.2, 0.25) is 10.0 Å². The summed E-state index contributed by atoms with van der Waals surface area (Å²) < 4.78 is 35.9. The molecular weight excluding hydrogens is 1490 g/mol. The summed E-state index contributed by atoms with van der Waals surface area (Å²) in [4.78, 5) is 136. The van der Waals surface area contributed by atoms with Crippen molar-refractivity contribution in [1.29, 1.82) is 0 Å². The number of imide groups is 1. The summed E-state index contributed by atoms with van der Waals surface area (Å²) in [6.45, 7) is 3.35. The second-order valence-corrected chi connectivity index (χ2v) is 30.1. The van der Waals surface area contributed by atoms with Gasteiger partial charge in [-0.3, -0.25) is 43.7 Å². The highest BCUT2D eigenvalue weighted by Gasteiger charge is 2.51. The highest BCUT2D eigenvalue weighted by molar-refractivity contribution is 6.32. The number of rotatable bonds is 18. The SMILES string of the molecule is CN[C@H](CC(C)C)C(=O)NC1C(=O)NC(CC(=O)NC(=O)NCCOCCOC)C(=O)NC2C(=O)N[C@H]3C(=O)N[C@H](C(=O)N[C@@H](C(=O)NC4C5CC6CC(C5)CC4C6)c4cc(O)cc(O)c4-c4cc3ccc4O)[C@H](O)c3ccc(c(Cl)c3)Oc3cc2cc(c3O[C@H]2O[C@H](CN)[C@@H](O)[C@H](O)[C@H]2O)Oc2ccc(cc2Cl)[C@H]1O. The van der Waals surface area contributed by atoms with E-state index in [4.69, 9.17) is 57.4 Å². The normalized spacial score (nSPS) is 28.5. The van der Waals surface area contributed by atoms with Crippen LogP contribution in [0.15, 0.2) is 78.9 Å². The van der Waals surface area contributed by atoms with Gasteiger partial charge in [-0.2, -0.15) is 0 Å². The maximum Gasteiger partial charge on any atom is 0.321 e. The number of phenolic OH excluding ortho intramolecular Hbond substituents is 3. The summed E-state index contributed by atoms with van der Waals surface area (Å²) in [5.41, 5.74) is 3.84. The molecule has 5 aromatic carbocycles. The number of carbonyl (C=O) groups is 9. The summed E-state index contributed by atoms with van der Waals surface area (Å²) in [6.07, 6.45) is -10.2. The second kappa shape index (κ2) is 34.5. The number of benzene rings is 5. The van der Waals surface area contributed by atoms with Crippen LogP contribution in [0.1, 0.15) is 117 Å². The minimum Gasteiger partial charge on any atom is -0.508 e. The van der Waals surface area contributed by atoms with Gasteiger partial charge in [0.2, 0.25) is 59.3 Å². The van der Waals surface area contributed by atoms with Crippen LogP contribution in [0.25, 0.3) is 11.1 Å². The van der Waals surface area contributed by atoms with Gasteiger partial charge in [0.15, 0.2) is 11.5 Å². The van der Waals surface area contributed by atoms with Crippen molar-refractivity contribution in [2.75, 3.05) is 47.1 Å². The number of nitrogens with two attached hydrogens (primary N) is 1. The van der Waals surface area contributed by atoms with Crippen LogP contribution in [0.5, 0.6) is 46.0 Å². The summed E-state index contributed by atoms with van der Waals surface area (Å²) in [7, 11) is 2.93. The third-order valence-electron chi connectivity index (χ3n) is 21.2. The molecule has 34 nitrogen and oxygen atoms in total. The number of methoxy groups -OCH3 is 1. The molecule has 4 saturated carbocycles. The molecule has 596 valence electrons. The number of fused-ring (bicyclic) bond motifs is 15. The van der Waals surface area contributed by atoms with E-state index in [1.54, 1.807) is 0 Å². The number of urea groups is 1. The Hall–Kier alpha value is -9.69. The summed E-state index contributed by atoms with van der Waals surface area (Å²) in [6, 6.07) is -0.997. The third kappa shape index (κ3) is 17.8. The Morgan fingerprint density at radius 3 is 1.88 bits per heavy atom. The van der Waals surface area contributed by atoms with E-state index in [1.165, 1.54) is 38.4 Å². The van der Waals surface area contributed by atoms with Crippen LogP contribution >= 0.6 is 23.2 Å². The summed E-state index contributed by atoms with van der Waals surface area (Å²) >= 11 is 14.2. The van der Waals surface area contributed by atoms with Crippen molar-refractivity contribution in [3.05, 3.63) is 117 Å². The van der Waals surface area contributed by atoms with Crippen molar-refractivity contribution in [3.8, 4) is 57.1 Å². The van der Waals surface area contributed by atoms with E-state index in [9.17, 15) is 55.2 Å². The van der Waals surface area contributed by atoms with Gasteiger partial charge in [0.1, 0.15) is 102 Å². The monoisotopic (exact) mass is 1580 g/mol. The Morgan fingerprint density at radius 2 is 1.26 bits per heavy atom. The average Bonchev–Trinajstić information content (AvgIpc) is 0.761. The number of amides is 10. The van der Waals surface area contributed by atoms with Crippen LogP contribution in [-0.4, -0.2) is 202 Å². The zero-order valence-corrected chi connectivity index (χ0v) is 62.1. The van der Waals surface area contributed by atoms with Crippen LogP contribution < -0.4 is 73.1 Å². The fourth-order valence-corrected chi connectivity index (χ4v) is 16.3. The molecule has 10 amide bonds. The number of hydrogen-bond acceptors (Lipinski definition) is 25. The minimum atomic E-state index is -2.36. The first-order valence-electron chi connectivity index (χ1n) is 36.4. The molecule has 3 unspecified atom stereocenters. The van der Waals surface area contributed by atoms with E-state index in [0.717, 1.165) is 86.7 Å². The Labute approximate surface area is 645 Å². The second-order valence-electron chi connectivity index (χ2n) is 29.3. The van der Waals surface area contributed by atoms with Crippen molar-refractivity contribution in [1.82, 2.24) is 53.2 Å². The van der Waals surface area contributed by atoms with E-state index in [0.29, 0.717) is 11.8 Å². The van der Waals surface area contributed by atoms with E-state index < -0.39 is 192 Å². The molecule has 15 rings (SSSR count). The summed E-state index contributed by atoms with van der Waals surface area (Å²) in [5, 5.41) is 119. The Kier molecular flexibility index (Phi) is 25.1. The van der Waals surface area contributed by atoms with Crippen molar-refractivity contribution in [2.24, 2.45) is 35.3 Å². The molecule has 20 N–H and O–H groups in total. The Balaban J connectivity index is 1.05. The van der Waals surface area contributed by atoms with E-state index in [1.807, 2.05) is 13.8 Å². The first-order valence-corrected chi connectivity index (χ1v) is 37.1. The maximum absolute atomic E-state index is 16.3. The predicted molar refractivity (Wildman–Crippen MR) is 391 cm³/mol. The molecule has 0 radical (unpaired) electrons. The molecule has 1 saturated heterocycles. The predicted octanol–water partition coefficient (Wildman–Crippen LogP) is 1.69. The van der Waals surface area contributed by atoms with Crippen molar-refractivity contribution < 1.29 is 112 Å². The molecule has 36 heteroatoms. The molecule has 10 aliphatic rings. The van der Waals surface area contributed by atoms with Gasteiger partial charge in [-0.25, -0.2) is 4.79 Å². The molecule has 6 aliphatic heterocycles. The molecule has 0 aromatic heterocycles. The highest BCUT2D eigenvalue weighted by Crippen LogP contribution is 2.55. The molecule has 0 spiro atoms. The number of carbonyl (C=O) groups excluding carboxylic acids is 9. The van der Waals surface area contributed by atoms with Gasteiger partial charge in [0.25, 0.3) is 0 Å². The van der Waals surface area contributed by atoms with Crippen molar-refractivity contribution in [3.63, 3.8) is 0 Å². The smallest absolute Gasteiger partial charge is 0.321 e. The van der Waals surface area contributed by atoms with Crippen LogP contribution in [-0.2, 0) is 52.6 Å². The van der Waals surface area contributed by atoms with Crippen molar-refractivity contribution >= 4 is 76.5 Å². The van der Waals surface area contributed by atoms with Gasteiger partial charge in [-0.05, 0) is 158 Å². The molecule has 14 atom stereocenters. The summed E-state index contributed by atoms with van der Waals surface area (Å²) in [5.74, 6) is -13.3. The average molecular weight is 1580 g/mol. The van der Waals surface area contributed by atoms with Crippen LogP contribution in [0, 0.1) is 29.6 Å². The number of aliphatic hydroxyl groups is 5. The molecule has 5 fully saturated rings. The molecule has 4 aliphatic carbocycles. The van der Waals surface area contributed by atoms with Gasteiger partial charge in [-0.1, -0.05) is 55.2 Å². The van der Waals surface area contributed by atoms with E-state index in [2.05, 4.69) is 53.2 Å². The van der Waals surface area contributed by atoms with Gasteiger partial charge < -0.3 is 123 Å². The van der Waals surface area contributed by atoms with Gasteiger partial charge in [0, 0.05) is 43.4 Å². The van der Waals surface area contributed by atoms with Crippen LogP contribution in [0.4, 0.5) is 4.79 Å². The number of ether oxygens (including phenoxy) is 6. The first-order chi connectivity index (χ1) is 53.0. The molecule has 5 aromatic rings. The zero-order valence-electron chi connectivity index (χ0n) is 60.6. The number of aliphatic hydroxyl groups excluding tert-OH is 5. The number of aromatic hydroxyl groups is 3. The first kappa shape index (κ1) is 80.8. The lowest BCUT2D eigenvalue weighted by Gasteiger charge is -2.54. The van der Waals surface area contributed by atoms with E-state index >= 15 is 28.8 Å². The lowest BCUT2D eigenvalue weighted by molar-refractivity contribution is -0.270. The zero-order chi connectivity index (χ0) is 79.5. The molecule has 111 heavy (non-hydrogen) atoms. The fourth-order valence-electron chi connectivity index (χ4n) is 15.9. The fraction of sp³-hybridized carbons (Fsp3) is 0.480. The Bertz CT molecular complexity index is 4370. The maximum atomic E-state index is 16.3. The van der Waals surface area contributed by atoms with E-state index in [-0.39, 0.29) is 112 Å². The number of hydrogen-bond donors (Lipinski definition) is 19. The lowest BCUT2D eigenvalue weighted by Crippen LogP contribution is -2.60. The highest BCUT2D eigenvalue weighted by atomic mass is 35.5. The van der Waals surface area contributed by atoms with Gasteiger partial charge in [-0.15, -0.1) is 0 Å². The third-order valence-corrected chi connectivity index (χ3v) is 21.8. The topological polar surface area (TPSA) is 517 Å². The molecular formula is C75H89Cl2N11O23.